The first kappa shape index (κ1) is 26.4. The summed E-state index contributed by atoms with van der Waals surface area (Å²) in [5.41, 5.74) is 0.192. The third-order valence-corrected chi connectivity index (χ3v) is 7.03. The summed E-state index contributed by atoms with van der Waals surface area (Å²) in [6, 6.07) is 5.04. The number of rotatable bonds is 7. The minimum absolute atomic E-state index is 0.0996. The van der Waals surface area contributed by atoms with Gasteiger partial charge in [0.2, 0.25) is 0 Å². The molecule has 1 atom stereocenters. The Bertz CT molecular complexity index is 1360. The lowest BCUT2D eigenvalue weighted by Gasteiger charge is -2.29. The third-order valence-electron chi connectivity index (χ3n) is 7.03. The Kier molecular flexibility index (Phi) is 7.82. The summed E-state index contributed by atoms with van der Waals surface area (Å²) < 4.78 is 54.0. The molecule has 0 radical (unpaired) electrons. The second kappa shape index (κ2) is 11.3. The van der Waals surface area contributed by atoms with Gasteiger partial charge in [0, 0.05) is 38.8 Å². The average molecular weight is 533 g/mol. The average Bonchev–Trinajstić information content (AvgIpc) is 2.92. The Hall–Kier alpha value is -3.22. The van der Waals surface area contributed by atoms with Gasteiger partial charge in [-0.25, -0.2) is 23.1 Å². The van der Waals surface area contributed by atoms with Gasteiger partial charge in [0.05, 0.1) is 50.0 Å². The minimum atomic E-state index is -2.92. The SMILES string of the molecule is C[C@@H](Nc1nc(CN2CCOCC2)nc2c1cc(N1CCOCC1)c(=O)n2C)c1cccc(C(F)F)c1F. The molecular weight excluding hydrogens is 501 g/mol. The van der Waals surface area contributed by atoms with Crippen LogP contribution in [0, 0.1) is 5.82 Å². The molecule has 2 saturated heterocycles. The number of benzene rings is 1. The Morgan fingerprint density at radius 1 is 1.03 bits per heavy atom. The van der Waals surface area contributed by atoms with Crippen LogP contribution >= 0.6 is 0 Å². The largest absolute Gasteiger partial charge is 0.379 e. The van der Waals surface area contributed by atoms with Gasteiger partial charge in [-0.05, 0) is 13.0 Å². The van der Waals surface area contributed by atoms with E-state index in [0.29, 0.717) is 74.4 Å². The highest BCUT2D eigenvalue weighted by molar-refractivity contribution is 5.89. The van der Waals surface area contributed by atoms with Gasteiger partial charge in [-0.3, -0.25) is 14.3 Å². The van der Waals surface area contributed by atoms with Crippen molar-refractivity contribution in [3.05, 3.63) is 57.4 Å². The van der Waals surface area contributed by atoms with Crippen molar-refractivity contribution >= 4 is 22.5 Å². The van der Waals surface area contributed by atoms with E-state index in [0.717, 1.165) is 19.2 Å². The quantitative estimate of drug-likeness (QED) is 0.497. The van der Waals surface area contributed by atoms with Crippen molar-refractivity contribution < 1.29 is 22.6 Å². The van der Waals surface area contributed by atoms with Gasteiger partial charge in [0.1, 0.15) is 28.8 Å². The molecule has 0 saturated carbocycles. The molecule has 5 rings (SSSR count). The predicted octanol–water partition coefficient (Wildman–Crippen LogP) is 3.25. The maximum Gasteiger partial charge on any atom is 0.275 e. The second-order valence-electron chi connectivity index (χ2n) is 9.52. The second-order valence-corrected chi connectivity index (χ2v) is 9.52. The van der Waals surface area contributed by atoms with Crippen LogP contribution in [-0.4, -0.2) is 72.0 Å². The Morgan fingerprint density at radius 3 is 2.37 bits per heavy atom. The predicted molar refractivity (Wildman–Crippen MR) is 137 cm³/mol. The highest BCUT2D eigenvalue weighted by Gasteiger charge is 2.24. The number of fused-ring (bicyclic) bond motifs is 1. The number of pyridine rings is 1. The first-order valence-electron chi connectivity index (χ1n) is 12.7. The molecular formula is C26H31F3N6O3. The summed E-state index contributed by atoms with van der Waals surface area (Å²) in [7, 11) is 1.67. The summed E-state index contributed by atoms with van der Waals surface area (Å²) in [5, 5.41) is 3.81. The Balaban J connectivity index is 1.59. The molecule has 1 aromatic carbocycles. The van der Waals surface area contributed by atoms with Gasteiger partial charge < -0.3 is 19.7 Å². The Morgan fingerprint density at radius 2 is 1.68 bits per heavy atom. The minimum Gasteiger partial charge on any atom is -0.379 e. The molecule has 3 aromatic rings. The van der Waals surface area contributed by atoms with Gasteiger partial charge in [-0.1, -0.05) is 18.2 Å². The van der Waals surface area contributed by atoms with Gasteiger partial charge >= 0.3 is 0 Å². The fourth-order valence-corrected chi connectivity index (χ4v) is 4.88. The molecule has 204 valence electrons. The van der Waals surface area contributed by atoms with Crippen molar-refractivity contribution in [3.63, 3.8) is 0 Å². The third kappa shape index (κ3) is 5.33. The summed E-state index contributed by atoms with van der Waals surface area (Å²) in [6.45, 7) is 6.96. The van der Waals surface area contributed by atoms with E-state index in [1.807, 2.05) is 4.90 Å². The zero-order valence-corrected chi connectivity index (χ0v) is 21.4. The lowest BCUT2D eigenvalue weighted by molar-refractivity contribution is 0.0331. The van der Waals surface area contributed by atoms with Crippen LogP contribution in [0.2, 0.25) is 0 Å². The highest BCUT2D eigenvalue weighted by Crippen LogP contribution is 2.31. The van der Waals surface area contributed by atoms with Crippen molar-refractivity contribution in [1.82, 2.24) is 19.4 Å². The van der Waals surface area contributed by atoms with Crippen LogP contribution < -0.4 is 15.8 Å². The zero-order chi connectivity index (χ0) is 26.8. The molecule has 9 nitrogen and oxygen atoms in total. The van der Waals surface area contributed by atoms with E-state index in [1.165, 1.54) is 16.7 Å². The number of anilines is 2. The molecule has 1 N–H and O–H groups in total. The van der Waals surface area contributed by atoms with Crippen molar-refractivity contribution in [2.24, 2.45) is 7.05 Å². The Labute approximate surface area is 218 Å². The first-order valence-corrected chi connectivity index (χ1v) is 12.7. The topological polar surface area (TPSA) is 84.8 Å². The van der Waals surface area contributed by atoms with Crippen molar-refractivity contribution in [2.45, 2.75) is 25.9 Å². The number of nitrogens with one attached hydrogen (secondary N) is 1. The summed E-state index contributed by atoms with van der Waals surface area (Å²) >= 11 is 0. The van der Waals surface area contributed by atoms with E-state index in [-0.39, 0.29) is 11.1 Å². The van der Waals surface area contributed by atoms with Crippen molar-refractivity contribution in [3.8, 4) is 0 Å². The first-order chi connectivity index (χ1) is 18.3. The maximum atomic E-state index is 15.0. The van der Waals surface area contributed by atoms with E-state index in [4.69, 9.17) is 19.4 Å². The van der Waals surface area contributed by atoms with Gasteiger partial charge in [-0.2, -0.15) is 0 Å². The van der Waals surface area contributed by atoms with E-state index >= 15 is 0 Å². The van der Waals surface area contributed by atoms with Crippen LogP contribution in [0.5, 0.6) is 0 Å². The summed E-state index contributed by atoms with van der Waals surface area (Å²) in [5.74, 6) is -0.0569. The van der Waals surface area contributed by atoms with Crippen LogP contribution in [0.15, 0.2) is 29.1 Å². The number of hydrogen-bond acceptors (Lipinski definition) is 8. The number of morpholine rings is 2. The molecule has 4 heterocycles. The number of nitrogens with zero attached hydrogens (tertiary/aromatic N) is 5. The van der Waals surface area contributed by atoms with E-state index < -0.39 is 23.8 Å². The van der Waals surface area contributed by atoms with Gasteiger partial charge in [0.25, 0.3) is 12.0 Å². The molecule has 2 fully saturated rings. The lowest BCUT2D eigenvalue weighted by atomic mass is 10.0. The van der Waals surface area contributed by atoms with Crippen LogP contribution in [-0.2, 0) is 23.1 Å². The maximum absolute atomic E-state index is 15.0. The van der Waals surface area contributed by atoms with Gasteiger partial charge in [0.15, 0.2) is 0 Å². The van der Waals surface area contributed by atoms with Crippen LogP contribution in [0.1, 0.15) is 36.3 Å². The van der Waals surface area contributed by atoms with Crippen LogP contribution in [0.3, 0.4) is 0 Å². The lowest BCUT2D eigenvalue weighted by Crippen LogP contribution is -2.40. The summed E-state index contributed by atoms with van der Waals surface area (Å²) in [6.07, 6.45) is -2.92. The highest BCUT2D eigenvalue weighted by atomic mass is 19.3. The zero-order valence-electron chi connectivity index (χ0n) is 21.4. The number of aryl methyl sites for hydroxylation is 1. The molecule has 2 aliphatic rings. The van der Waals surface area contributed by atoms with Crippen LogP contribution in [0.25, 0.3) is 11.0 Å². The monoisotopic (exact) mass is 532 g/mol. The summed E-state index contributed by atoms with van der Waals surface area (Å²) in [4.78, 5) is 27.0. The van der Waals surface area contributed by atoms with Crippen molar-refractivity contribution in [1.29, 1.82) is 0 Å². The molecule has 0 amide bonds. The molecule has 12 heteroatoms. The molecule has 0 bridgehead atoms. The number of halogens is 3. The number of ether oxygens (including phenoxy) is 2. The van der Waals surface area contributed by atoms with Crippen LogP contribution in [0.4, 0.5) is 24.7 Å². The number of hydrogen-bond donors (Lipinski definition) is 1. The molecule has 2 aliphatic heterocycles. The fraction of sp³-hybridized carbons (Fsp3) is 0.500. The smallest absolute Gasteiger partial charge is 0.275 e. The fourth-order valence-electron chi connectivity index (χ4n) is 4.88. The van der Waals surface area contributed by atoms with E-state index in [1.54, 1.807) is 20.0 Å². The molecule has 2 aromatic heterocycles. The van der Waals surface area contributed by atoms with Crippen molar-refractivity contribution in [2.75, 3.05) is 62.8 Å². The van der Waals surface area contributed by atoms with E-state index in [9.17, 15) is 18.0 Å². The molecule has 38 heavy (non-hydrogen) atoms. The molecule has 0 spiro atoms. The van der Waals surface area contributed by atoms with Gasteiger partial charge in [-0.15, -0.1) is 0 Å². The normalized spacial score (nSPS) is 17.8. The standard InChI is InChI=1S/C26H31F3N6O3/c1-16(17-4-3-5-18(22(17)27)23(28)29)30-24-19-14-20(35-8-12-38-13-9-35)26(36)33(2)25(19)32-21(31-24)15-34-6-10-37-11-7-34/h3-5,14,16,23H,6-13,15H2,1-2H3,(H,30,31,32)/t16-/m1/s1. The molecule has 0 aliphatic carbocycles. The molecule has 0 unspecified atom stereocenters. The van der Waals surface area contributed by atoms with E-state index in [2.05, 4.69) is 10.2 Å². The number of aromatic nitrogens is 3. The number of alkyl halides is 2.